The van der Waals surface area contributed by atoms with Gasteiger partial charge >= 0.3 is 0 Å². The number of nitrogens with two attached hydrogens (primary N) is 1. The second kappa shape index (κ2) is 8.37. The monoisotopic (exact) mass is 498 g/mol. The van der Waals surface area contributed by atoms with Gasteiger partial charge < -0.3 is 15.5 Å². The summed E-state index contributed by atoms with van der Waals surface area (Å²) < 4.78 is 42.7. The molecule has 11 heteroatoms. The summed E-state index contributed by atoms with van der Waals surface area (Å²) in [5.74, 6) is -1.75. The number of carbonyl (C=O) groups is 1. The molecule has 7 nitrogen and oxygen atoms in total. The van der Waals surface area contributed by atoms with E-state index in [0.717, 1.165) is 18.0 Å². The largest absolute Gasteiger partial charge is 0.378 e. The van der Waals surface area contributed by atoms with Gasteiger partial charge in [-0.2, -0.15) is 0 Å². The van der Waals surface area contributed by atoms with E-state index in [4.69, 9.17) is 12.3 Å². The van der Waals surface area contributed by atoms with Crippen molar-refractivity contribution in [2.75, 3.05) is 13.1 Å². The summed E-state index contributed by atoms with van der Waals surface area (Å²) in [6.45, 7) is 9.02. The fraction of sp³-hybridized carbons (Fsp3) is 0.375. The zero-order chi connectivity index (χ0) is 25.0. The van der Waals surface area contributed by atoms with Gasteiger partial charge in [0.25, 0.3) is 5.82 Å². The van der Waals surface area contributed by atoms with Crippen LogP contribution in [0.2, 0.25) is 0 Å². The highest BCUT2D eigenvalue weighted by molar-refractivity contribution is 8.15. The average Bonchev–Trinajstić information content (AvgIpc) is 3.44. The van der Waals surface area contributed by atoms with Gasteiger partial charge in [-0.3, -0.25) is 14.8 Å². The SMILES string of the molecule is [C-]#[N+]c1cnc(/C(F)=C/c2ccc(F)c([C@@]3(C)N=C(N)S[C@@]4(C(=O)N5CC[C@@H](F)C5)C[C@H]43)c2)cn1. The van der Waals surface area contributed by atoms with E-state index in [2.05, 4.69) is 19.8 Å². The second-order valence-electron chi connectivity index (χ2n) is 9.09. The van der Waals surface area contributed by atoms with Crippen molar-refractivity contribution in [2.45, 2.75) is 36.2 Å². The van der Waals surface area contributed by atoms with Gasteiger partial charge in [-0.25, -0.2) is 13.2 Å². The third-order valence-corrected chi connectivity index (χ3v) is 8.11. The van der Waals surface area contributed by atoms with Crippen LogP contribution < -0.4 is 5.73 Å². The minimum absolute atomic E-state index is 0.0441. The van der Waals surface area contributed by atoms with E-state index in [-0.39, 0.29) is 40.6 Å². The molecule has 2 N–H and O–H groups in total. The first kappa shape index (κ1) is 23.4. The van der Waals surface area contributed by atoms with E-state index >= 15 is 4.39 Å². The molecule has 0 radical (unpaired) electrons. The summed E-state index contributed by atoms with van der Waals surface area (Å²) in [6.07, 6.45) is 3.20. The standard InChI is InChI=1S/C24H21F3N6OS/c1-23(19-9-24(19,35-22(28)32-23)21(34)33-6-5-14(25)12-33)15-7-13(3-4-16(15)26)8-17(27)18-10-31-20(29-2)11-30-18/h3-4,7-8,10-11,14,19H,5-6,9,12H2,1H3,(H2,28,32)/b17-8-/t14-,19+,23-,24+/m1/s1. The first-order chi connectivity index (χ1) is 16.7. The van der Waals surface area contributed by atoms with E-state index < -0.39 is 28.1 Å². The zero-order valence-electron chi connectivity index (χ0n) is 18.7. The predicted molar refractivity (Wildman–Crippen MR) is 127 cm³/mol. The number of amidine groups is 1. The quantitative estimate of drug-likeness (QED) is 0.637. The Balaban J connectivity index is 1.47. The Morgan fingerprint density at radius 2 is 2.17 bits per heavy atom. The molecule has 2 aliphatic heterocycles. The lowest BCUT2D eigenvalue weighted by molar-refractivity contribution is -0.131. The normalized spacial score (nSPS) is 29.9. The first-order valence-electron chi connectivity index (χ1n) is 11.0. The third-order valence-electron chi connectivity index (χ3n) is 6.82. The molecule has 1 saturated heterocycles. The minimum atomic E-state index is -1.15. The van der Waals surface area contributed by atoms with Crippen molar-refractivity contribution in [3.05, 3.63) is 64.6 Å². The highest BCUT2D eigenvalue weighted by atomic mass is 32.2. The maximum absolute atomic E-state index is 15.1. The van der Waals surface area contributed by atoms with Crippen LogP contribution >= 0.6 is 11.8 Å². The Bertz CT molecular complexity index is 1310. The fourth-order valence-corrected chi connectivity index (χ4v) is 6.41. The molecule has 180 valence electrons. The van der Waals surface area contributed by atoms with Crippen LogP contribution in [-0.4, -0.2) is 50.0 Å². The molecule has 4 atom stereocenters. The van der Waals surface area contributed by atoms with Gasteiger partial charge in [0.2, 0.25) is 5.91 Å². The van der Waals surface area contributed by atoms with E-state index in [1.54, 1.807) is 6.92 Å². The van der Waals surface area contributed by atoms with Crippen molar-refractivity contribution in [1.29, 1.82) is 0 Å². The second-order valence-corrected chi connectivity index (χ2v) is 10.4. The predicted octanol–water partition coefficient (Wildman–Crippen LogP) is 4.24. The minimum Gasteiger partial charge on any atom is -0.378 e. The smallest absolute Gasteiger partial charge is 0.287 e. The van der Waals surface area contributed by atoms with E-state index in [9.17, 15) is 13.6 Å². The molecule has 5 rings (SSSR count). The Kier molecular flexibility index (Phi) is 5.59. The number of alkyl halides is 1. The summed E-state index contributed by atoms with van der Waals surface area (Å²) in [7, 11) is 0. The summed E-state index contributed by atoms with van der Waals surface area (Å²) in [4.78, 5) is 30.2. The van der Waals surface area contributed by atoms with Crippen LogP contribution in [0.25, 0.3) is 16.7 Å². The highest BCUT2D eigenvalue weighted by Gasteiger charge is 2.71. The summed E-state index contributed by atoms with van der Waals surface area (Å²) >= 11 is 1.16. The number of thioether (sulfide) groups is 1. The molecule has 0 spiro atoms. The summed E-state index contributed by atoms with van der Waals surface area (Å²) in [5.41, 5.74) is 5.46. The number of halogens is 3. The Hall–Kier alpha value is -3.39. The van der Waals surface area contributed by atoms with Crippen molar-refractivity contribution in [2.24, 2.45) is 16.6 Å². The van der Waals surface area contributed by atoms with Gasteiger partial charge in [-0.05, 0) is 43.5 Å². The number of hydrogen-bond acceptors (Lipinski definition) is 6. The Morgan fingerprint density at radius 1 is 1.37 bits per heavy atom. The number of fused-ring (bicyclic) bond motifs is 1. The van der Waals surface area contributed by atoms with Gasteiger partial charge in [0, 0.05) is 18.0 Å². The van der Waals surface area contributed by atoms with E-state index in [1.165, 1.54) is 35.4 Å². The molecular weight excluding hydrogens is 477 g/mol. The van der Waals surface area contributed by atoms with E-state index in [0.29, 0.717) is 24.9 Å². The number of likely N-dealkylation sites (tertiary alicyclic amines) is 1. The topological polar surface area (TPSA) is 88.8 Å². The molecule has 1 aliphatic carbocycles. The number of aromatic nitrogens is 2. The van der Waals surface area contributed by atoms with Crippen LogP contribution in [0.4, 0.5) is 19.0 Å². The number of carbonyl (C=O) groups excluding carboxylic acids is 1. The van der Waals surface area contributed by atoms with Crippen molar-refractivity contribution in [3.8, 4) is 0 Å². The molecular formula is C24H21F3N6OS. The fourth-order valence-electron chi connectivity index (χ4n) is 4.97. The molecule has 2 fully saturated rings. The number of benzene rings is 1. The molecule has 1 saturated carbocycles. The Labute approximate surface area is 204 Å². The molecule has 0 unspecified atom stereocenters. The number of rotatable bonds is 4. The van der Waals surface area contributed by atoms with Crippen molar-refractivity contribution < 1.29 is 18.0 Å². The summed E-state index contributed by atoms with van der Waals surface area (Å²) in [6, 6.07) is 4.13. The first-order valence-corrected chi connectivity index (χ1v) is 11.8. The van der Waals surface area contributed by atoms with Crippen molar-refractivity contribution in [3.63, 3.8) is 0 Å². The van der Waals surface area contributed by atoms with Crippen LogP contribution in [0.15, 0.2) is 35.6 Å². The lowest BCUT2D eigenvalue weighted by Gasteiger charge is -2.35. The van der Waals surface area contributed by atoms with Gasteiger partial charge in [0.1, 0.15) is 28.6 Å². The van der Waals surface area contributed by atoms with E-state index in [1.807, 2.05) is 0 Å². The third kappa shape index (κ3) is 3.95. The van der Waals surface area contributed by atoms with Gasteiger partial charge in [-0.1, -0.05) is 24.4 Å². The molecule has 1 amide bonds. The number of hydrogen-bond donors (Lipinski definition) is 1. The van der Waals surface area contributed by atoms with Gasteiger partial charge in [-0.15, -0.1) is 4.98 Å². The van der Waals surface area contributed by atoms with Crippen molar-refractivity contribution >= 4 is 40.6 Å². The summed E-state index contributed by atoms with van der Waals surface area (Å²) in [5, 5.41) is 0.160. The van der Waals surface area contributed by atoms with Crippen LogP contribution in [0, 0.1) is 18.3 Å². The molecule has 0 bridgehead atoms. The number of nitrogens with zero attached hydrogens (tertiary/aromatic N) is 5. The molecule has 3 aliphatic rings. The Morgan fingerprint density at radius 3 is 2.83 bits per heavy atom. The van der Waals surface area contributed by atoms with Crippen LogP contribution in [-0.2, 0) is 10.3 Å². The lowest BCUT2D eigenvalue weighted by Crippen LogP contribution is -2.45. The van der Waals surface area contributed by atoms with Gasteiger partial charge in [0.05, 0.1) is 18.3 Å². The van der Waals surface area contributed by atoms with Gasteiger partial charge in [0.15, 0.2) is 11.0 Å². The van der Waals surface area contributed by atoms with Crippen molar-refractivity contribution in [1.82, 2.24) is 14.9 Å². The van der Waals surface area contributed by atoms with Crippen LogP contribution in [0.5, 0.6) is 0 Å². The molecule has 2 aromatic rings. The molecule has 1 aromatic heterocycles. The molecule has 35 heavy (non-hydrogen) atoms. The average molecular weight is 499 g/mol. The molecule has 1 aromatic carbocycles. The van der Waals surface area contributed by atoms with Crippen LogP contribution in [0.1, 0.15) is 36.6 Å². The number of aliphatic imine (C=N–C) groups is 1. The highest BCUT2D eigenvalue weighted by Crippen LogP contribution is 2.66. The van der Waals surface area contributed by atoms with Crippen LogP contribution in [0.3, 0.4) is 0 Å². The zero-order valence-corrected chi connectivity index (χ0v) is 19.5. The number of amides is 1. The maximum Gasteiger partial charge on any atom is 0.287 e. The lowest BCUT2D eigenvalue weighted by atomic mass is 9.84. The molecule has 3 heterocycles. The maximum atomic E-state index is 15.1.